The monoisotopic (exact) mass is 259 g/mol. The maximum absolute atomic E-state index is 5.13. The summed E-state index contributed by atoms with van der Waals surface area (Å²) in [5.41, 5.74) is 10.3. The van der Waals surface area contributed by atoms with E-state index in [1.54, 1.807) is 0 Å². The molecule has 70 valence electrons. The number of hydrogen-bond donors (Lipinski definition) is 2. The molecule has 0 unspecified atom stereocenters. The zero-order valence-corrected chi connectivity index (χ0v) is 9.52. The van der Waals surface area contributed by atoms with E-state index in [0.29, 0.717) is 13.1 Å². The molecule has 0 radical (unpaired) electrons. The minimum absolute atomic E-state index is 0.639. The Morgan fingerprint density at radius 3 is 1.45 bits per heavy atom. The van der Waals surface area contributed by atoms with Gasteiger partial charge in [0.15, 0.2) is 0 Å². The van der Waals surface area contributed by atoms with Crippen LogP contribution in [0.25, 0.3) is 5.32 Å². The molecule has 0 aromatic rings. The van der Waals surface area contributed by atoms with Crippen molar-refractivity contribution in [3.05, 3.63) is 5.32 Å². The normalized spacial score (nSPS) is 9.27. The third kappa shape index (κ3) is 34.8. The first-order valence-corrected chi connectivity index (χ1v) is 8.17. The first-order valence-electron chi connectivity index (χ1n) is 2.91. The van der Waals surface area contributed by atoms with Crippen LogP contribution >= 0.6 is 30.1 Å². The van der Waals surface area contributed by atoms with Gasteiger partial charge in [-0.25, -0.2) is 0 Å². The first-order chi connectivity index (χ1) is 5.15. The molecule has 0 bridgehead atoms. The number of halogens is 3. The van der Waals surface area contributed by atoms with Crippen molar-refractivity contribution in [2.24, 2.45) is 11.5 Å². The quantitative estimate of drug-likeness (QED) is 0.749. The van der Waals surface area contributed by atoms with Gasteiger partial charge in [-0.05, 0) is 13.1 Å². The second-order valence-electron chi connectivity index (χ2n) is 1.42. The summed E-state index contributed by atoms with van der Waals surface area (Å²) < 4.78 is 0. The SMILES string of the molecule is NCC[N-]CCN.[Cl][Cr+]([Cl])[Cl]. The van der Waals surface area contributed by atoms with Crippen LogP contribution in [0.2, 0.25) is 0 Å². The zero-order chi connectivity index (χ0) is 9.11. The van der Waals surface area contributed by atoms with Gasteiger partial charge in [0.2, 0.25) is 0 Å². The first kappa shape index (κ1) is 14.8. The fraction of sp³-hybridized carbons (Fsp3) is 1.00. The molecule has 7 heteroatoms. The van der Waals surface area contributed by atoms with Gasteiger partial charge in [0, 0.05) is 0 Å². The van der Waals surface area contributed by atoms with E-state index < -0.39 is 11.4 Å². The molecule has 0 saturated heterocycles. The molecule has 0 heterocycles. The molecule has 4 N–H and O–H groups in total. The summed E-state index contributed by atoms with van der Waals surface area (Å²) in [7, 11) is 14.8. The Kier molecular flexibility index (Phi) is 18.6. The number of rotatable bonds is 4. The molecule has 0 rings (SSSR count). The molecule has 0 atom stereocenters. The summed E-state index contributed by atoms with van der Waals surface area (Å²) in [6, 6.07) is 0. The third-order valence-electron chi connectivity index (χ3n) is 0.574. The Morgan fingerprint density at radius 2 is 1.27 bits per heavy atom. The molecule has 0 aromatic carbocycles. The second kappa shape index (κ2) is 13.8. The van der Waals surface area contributed by atoms with Gasteiger partial charge in [0.1, 0.15) is 0 Å². The van der Waals surface area contributed by atoms with Gasteiger partial charge in [-0.2, -0.15) is 0 Å². The van der Waals surface area contributed by atoms with Crippen LogP contribution in [0, 0.1) is 0 Å². The van der Waals surface area contributed by atoms with Crippen LogP contribution in [0.1, 0.15) is 0 Å². The Bertz CT molecular complexity index is 59.8. The second-order valence-corrected chi connectivity index (χ2v) is 7.74. The standard InChI is InChI=1S/C4H12N3.3ClH.Cr/c5-1-3-7-4-2-6;;;;/h1-6H2;3*1H;/q-1;;;;+4/p-3. The molecule has 0 amide bonds. The Morgan fingerprint density at radius 1 is 1.00 bits per heavy atom. The van der Waals surface area contributed by atoms with E-state index in [2.05, 4.69) is 5.32 Å². The molecule has 0 aliphatic carbocycles. The summed E-state index contributed by atoms with van der Waals surface area (Å²) >= 11 is -1.62. The van der Waals surface area contributed by atoms with Crippen LogP contribution < -0.4 is 11.5 Å². The van der Waals surface area contributed by atoms with Gasteiger partial charge >= 0.3 is 41.5 Å². The van der Waals surface area contributed by atoms with E-state index in [9.17, 15) is 0 Å². The van der Waals surface area contributed by atoms with Crippen LogP contribution in [0.3, 0.4) is 0 Å². The summed E-state index contributed by atoms with van der Waals surface area (Å²) in [4.78, 5) is 0. The van der Waals surface area contributed by atoms with Gasteiger partial charge in [0.25, 0.3) is 0 Å². The Hall–Kier alpha value is 1.28. The molecule has 0 aromatic heterocycles. The predicted octanol–water partition coefficient (Wildman–Crippen LogP) is 1.34. The molecular formula is C4H12Cl3CrN3. The fourth-order valence-corrected chi connectivity index (χ4v) is 0.294. The van der Waals surface area contributed by atoms with Crippen molar-refractivity contribution in [3.8, 4) is 0 Å². The van der Waals surface area contributed by atoms with Crippen molar-refractivity contribution in [1.29, 1.82) is 0 Å². The Balaban J connectivity index is 0. The van der Waals surface area contributed by atoms with E-state index >= 15 is 0 Å². The van der Waals surface area contributed by atoms with Crippen molar-refractivity contribution in [3.63, 3.8) is 0 Å². The molecule has 0 saturated carbocycles. The average Bonchev–Trinajstić information content (AvgIpc) is 1.88. The molecule has 0 spiro atoms. The zero-order valence-electron chi connectivity index (χ0n) is 5.97. The summed E-state index contributed by atoms with van der Waals surface area (Å²) in [5.74, 6) is 0. The summed E-state index contributed by atoms with van der Waals surface area (Å²) in [6.07, 6.45) is 0. The van der Waals surface area contributed by atoms with Crippen LogP contribution in [-0.4, -0.2) is 26.2 Å². The van der Waals surface area contributed by atoms with Gasteiger partial charge in [-0.15, -0.1) is 13.1 Å². The van der Waals surface area contributed by atoms with Crippen LogP contribution in [0.15, 0.2) is 0 Å². The molecule has 0 aliphatic rings. The van der Waals surface area contributed by atoms with Crippen LogP contribution in [0.5, 0.6) is 0 Å². The van der Waals surface area contributed by atoms with Crippen molar-refractivity contribution >= 4 is 30.1 Å². The van der Waals surface area contributed by atoms with E-state index in [1.165, 1.54) is 0 Å². The van der Waals surface area contributed by atoms with Gasteiger partial charge in [-0.1, -0.05) is 0 Å². The van der Waals surface area contributed by atoms with Gasteiger partial charge in [-0.3, -0.25) is 0 Å². The molecule has 3 nitrogen and oxygen atoms in total. The van der Waals surface area contributed by atoms with Crippen molar-refractivity contribution < 1.29 is 11.4 Å². The van der Waals surface area contributed by atoms with E-state index in [-0.39, 0.29) is 0 Å². The van der Waals surface area contributed by atoms with Gasteiger partial charge in [0.05, 0.1) is 0 Å². The van der Waals surface area contributed by atoms with Crippen molar-refractivity contribution in [2.75, 3.05) is 26.2 Å². The average molecular weight is 261 g/mol. The number of hydrogen-bond acceptors (Lipinski definition) is 2. The summed E-state index contributed by atoms with van der Waals surface area (Å²) in [5, 5.41) is 3.96. The minimum atomic E-state index is -1.62. The van der Waals surface area contributed by atoms with Crippen LogP contribution in [-0.2, 0) is 11.4 Å². The third-order valence-corrected chi connectivity index (χ3v) is 0.574. The van der Waals surface area contributed by atoms with Crippen molar-refractivity contribution in [1.82, 2.24) is 0 Å². The maximum atomic E-state index is 5.13. The molecule has 11 heavy (non-hydrogen) atoms. The number of nitrogens with zero attached hydrogens (tertiary/aromatic N) is 1. The molecule has 0 fully saturated rings. The summed E-state index contributed by atoms with van der Waals surface area (Å²) in [6.45, 7) is 2.77. The van der Waals surface area contributed by atoms with E-state index in [4.69, 9.17) is 41.6 Å². The fourth-order valence-electron chi connectivity index (χ4n) is 0.294. The van der Waals surface area contributed by atoms with Crippen LogP contribution in [0.4, 0.5) is 0 Å². The van der Waals surface area contributed by atoms with Crippen molar-refractivity contribution in [2.45, 2.75) is 0 Å². The topological polar surface area (TPSA) is 66.1 Å². The number of nitrogens with two attached hydrogens (primary N) is 2. The van der Waals surface area contributed by atoms with E-state index in [0.717, 1.165) is 13.1 Å². The molecular weight excluding hydrogens is 248 g/mol. The Labute approximate surface area is 84.3 Å². The van der Waals surface area contributed by atoms with Gasteiger partial charge < -0.3 is 16.8 Å². The van der Waals surface area contributed by atoms with E-state index in [1.807, 2.05) is 0 Å². The molecule has 0 aliphatic heterocycles. The predicted molar refractivity (Wildman–Crippen MR) is 48.8 cm³/mol.